The SMILES string of the molecule is COc1ccccc1OCC(O)CN1CCN(NC(C)=O)CC1. The molecule has 0 bridgehead atoms. The summed E-state index contributed by atoms with van der Waals surface area (Å²) >= 11 is 0. The summed E-state index contributed by atoms with van der Waals surface area (Å²) in [6, 6.07) is 7.38. The lowest BCUT2D eigenvalue weighted by atomic mass is 10.3. The number of amides is 1. The zero-order chi connectivity index (χ0) is 16.7. The number of nitrogens with zero attached hydrogens (tertiary/aromatic N) is 2. The van der Waals surface area contributed by atoms with Gasteiger partial charge in [-0.3, -0.25) is 15.1 Å². The molecule has 1 fully saturated rings. The van der Waals surface area contributed by atoms with Crippen molar-refractivity contribution in [3.63, 3.8) is 0 Å². The summed E-state index contributed by atoms with van der Waals surface area (Å²) in [5.41, 5.74) is 2.78. The number of rotatable bonds is 7. The molecule has 0 aliphatic carbocycles. The van der Waals surface area contributed by atoms with E-state index in [4.69, 9.17) is 9.47 Å². The largest absolute Gasteiger partial charge is 0.493 e. The molecule has 1 aliphatic rings. The predicted molar refractivity (Wildman–Crippen MR) is 86.3 cm³/mol. The smallest absolute Gasteiger partial charge is 0.231 e. The van der Waals surface area contributed by atoms with Gasteiger partial charge in [-0.15, -0.1) is 0 Å². The summed E-state index contributed by atoms with van der Waals surface area (Å²) in [7, 11) is 1.59. The van der Waals surface area contributed by atoms with Crippen molar-refractivity contribution in [1.29, 1.82) is 0 Å². The van der Waals surface area contributed by atoms with Gasteiger partial charge in [0.25, 0.3) is 0 Å². The molecule has 1 aromatic rings. The van der Waals surface area contributed by atoms with Crippen molar-refractivity contribution >= 4 is 5.91 Å². The van der Waals surface area contributed by atoms with E-state index in [1.165, 1.54) is 6.92 Å². The van der Waals surface area contributed by atoms with Crippen LogP contribution in [0, 0.1) is 0 Å². The van der Waals surface area contributed by atoms with Crippen LogP contribution in [0.5, 0.6) is 11.5 Å². The fourth-order valence-corrected chi connectivity index (χ4v) is 2.54. The maximum absolute atomic E-state index is 11.0. The molecule has 2 rings (SSSR count). The average Bonchev–Trinajstić information content (AvgIpc) is 2.54. The summed E-state index contributed by atoms with van der Waals surface area (Å²) in [6.45, 7) is 5.36. The number of aliphatic hydroxyl groups excluding tert-OH is 1. The molecule has 1 unspecified atom stereocenters. The highest BCUT2D eigenvalue weighted by Gasteiger charge is 2.20. The maximum atomic E-state index is 11.0. The van der Waals surface area contributed by atoms with Gasteiger partial charge < -0.3 is 14.6 Å². The average molecular weight is 323 g/mol. The Morgan fingerprint density at radius 1 is 1.26 bits per heavy atom. The van der Waals surface area contributed by atoms with E-state index in [0.717, 1.165) is 26.2 Å². The molecule has 2 N–H and O–H groups in total. The standard InChI is InChI=1S/C16H25N3O4/c1-13(20)17-19-9-7-18(8-10-19)11-14(21)12-23-16-6-4-3-5-15(16)22-2/h3-6,14,21H,7-12H2,1-2H3,(H,17,20). The van der Waals surface area contributed by atoms with E-state index < -0.39 is 6.10 Å². The van der Waals surface area contributed by atoms with E-state index in [2.05, 4.69) is 10.3 Å². The first-order valence-corrected chi connectivity index (χ1v) is 7.77. The molecule has 1 amide bonds. The molecular weight excluding hydrogens is 298 g/mol. The van der Waals surface area contributed by atoms with Gasteiger partial charge in [-0.25, -0.2) is 5.01 Å². The van der Waals surface area contributed by atoms with Crippen molar-refractivity contribution in [2.24, 2.45) is 0 Å². The Kier molecular flexibility index (Phi) is 6.64. The number of carbonyl (C=O) groups is 1. The zero-order valence-corrected chi connectivity index (χ0v) is 13.7. The van der Waals surface area contributed by atoms with Gasteiger partial charge in [-0.1, -0.05) is 12.1 Å². The lowest BCUT2D eigenvalue weighted by molar-refractivity contribution is -0.124. The second kappa shape index (κ2) is 8.71. The molecule has 0 radical (unpaired) electrons. The van der Waals surface area contributed by atoms with Crippen LogP contribution in [0.3, 0.4) is 0 Å². The lowest BCUT2D eigenvalue weighted by Crippen LogP contribution is -2.54. The van der Waals surface area contributed by atoms with Crippen molar-refractivity contribution in [3.8, 4) is 11.5 Å². The van der Waals surface area contributed by atoms with Gasteiger partial charge in [-0.2, -0.15) is 0 Å². The predicted octanol–water partition coefficient (Wildman–Crippen LogP) is 0.104. The van der Waals surface area contributed by atoms with Crippen LogP contribution in [-0.4, -0.2) is 73.5 Å². The van der Waals surface area contributed by atoms with Gasteiger partial charge in [0, 0.05) is 39.6 Å². The topological polar surface area (TPSA) is 74.3 Å². The summed E-state index contributed by atoms with van der Waals surface area (Å²) in [5.74, 6) is 1.23. The normalized spacial score (nSPS) is 17.5. The number of hydrogen-bond acceptors (Lipinski definition) is 6. The van der Waals surface area contributed by atoms with Gasteiger partial charge in [-0.05, 0) is 12.1 Å². The van der Waals surface area contributed by atoms with Crippen molar-refractivity contribution in [2.75, 3.05) is 46.4 Å². The van der Waals surface area contributed by atoms with Gasteiger partial charge in [0.15, 0.2) is 11.5 Å². The van der Waals surface area contributed by atoms with Crippen LogP contribution in [0.25, 0.3) is 0 Å². The number of benzene rings is 1. The molecule has 0 aromatic heterocycles. The number of aliphatic hydroxyl groups is 1. The van der Waals surface area contributed by atoms with Crippen molar-refractivity contribution in [1.82, 2.24) is 15.3 Å². The number of methoxy groups -OCH3 is 1. The van der Waals surface area contributed by atoms with Gasteiger partial charge in [0.1, 0.15) is 12.7 Å². The number of piperazine rings is 1. The molecule has 7 heteroatoms. The fourth-order valence-electron chi connectivity index (χ4n) is 2.54. The number of ether oxygens (including phenoxy) is 2. The van der Waals surface area contributed by atoms with Crippen molar-refractivity contribution in [2.45, 2.75) is 13.0 Å². The molecule has 1 aliphatic heterocycles. The molecule has 1 atom stereocenters. The Labute approximate surface area is 136 Å². The molecule has 128 valence electrons. The molecule has 1 aromatic carbocycles. The summed E-state index contributed by atoms with van der Waals surface area (Å²) < 4.78 is 10.9. The minimum Gasteiger partial charge on any atom is -0.493 e. The third-order valence-corrected chi connectivity index (χ3v) is 3.66. The Balaban J connectivity index is 1.71. The molecule has 23 heavy (non-hydrogen) atoms. The maximum Gasteiger partial charge on any atom is 0.231 e. The Morgan fingerprint density at radius 2 is 1.91 bits per heavy atom. The van der Waals surface area contributed by atoms with E-state index in [1.807, 2.05) is 29.3 Å². The van der Waals surface area contributed by atoms with E-state index in [0.29, 0.717) is 18.0 Å². The molecular formula is C16H25N3O4. The first-order chi connectivity index (χ1) is 11.1. The van der Waals surface area contributed by atoms with Gasteiger partial charge in [0.05, 0.1) is 7.11 Å². The van der Waals surface area contributed by atoms with Crippen LogP contribution >= 0.6 is 0 Å². The third-order valence-electron chi connectivity index (χ3n) is 3.66. The number of β-amino-alcohol motifs (C(OH)–C–C–N with tert-alkyl or cyclic N) is 1. The summed E-state index contributed by atoms with van der Waals surface area (Å²) in [6.07, 6.45) is -0.577. The Hall–Kier alpha value is -1.83. The van der Waals surface area contributed by atoms with Crippen LogP contribution in [0.1, 0.15) is 6.92 Å². The second-order valence-electron chi connectivity index (χ2n) is 5.57. The van der Waals surface area contributed by atoms with E-state index in [9.17, 15) is 9.90 Å². The molecule has 7 nitrogen and oxygen atoms in total. The quantitative estimate of drug-likeness (QED) is 0.742. The Morgan fingerprint density at radius 3 is 2.52 bits per heavy atom. The van der Waals surface area contributed by atoms with Crippen LogP contribution in [0.15, 0.2) is 24.3 Å². The monoisotopic (exact) mass is 323 g/mol. The highest BCUT2D eigenvalue weighted by molar-refractivity contribution is 5.72. The summed E-state index contributed by atoms with van der Waals surface area (Å²) in [5, 5.41) is 12.0. The number of para-hydroxylation sites is 2. The lowest BCUT2D eigenvalue weighted by Gasteiger charge is -2.35. The summed E-state index contributed by atoms with van der Waals surface area (Å²) in [4.78, 5) is 13.2. The fraction of sp³-hybridized carbons (Fsp3) is 0.562. The molecule has 1 heterocycles. The zero-order valence-electron chi connectivity index (χ0n) is 13.7. The number of nitrogens with one attached hydrogen (secondary N) is 1. The third kappa shape index (κ3) is 5.70. The minimum atomic E-state index is -0.577. The molecule has 0 spiro atoms. The van der Waals surface area contributed by atoms with Gasteiger partial charge >= 0.3 is 0 Å². The van der Waals surface area contributed by atoms with E-state index in [1.54, 1.807) is 7.11 Å². The molecule has 1 saturated heterocycles. The van der Waals surface area contributed by atoms with Crippen LogP contribution in [-0.2, 0) is 4.79 Å². The van der Waals surface area contributed by atoms with Crippen LogP contribution < -0.4 is 14.9 Å². The highest BCUT2D eigenvalue weighted by Crippen LogP contribution is 2.25. The first kappa shape index (κ1) is 17.5. The van der Waals surface area contributed by atoms with Crippen molar-refractivity contribution in [3.05, 3.63) is 24.3 Å². The number of hydrazine groups is 1. The van der Waals surface area contributed by atoms with E-state index in [-0.39, 0.29) is 12.5 Å². The number of hydrogen-bond donors (Lipinski definition) is 2. The first-order valence-electron chi connectivity index (χ1n) is 7.77. The second-order valence-corrected chi connectivity index (χ2v) is 5.57. The minimum absolute atomic E-state index is 0.0521. The van der Waals surface area contributed by atoms with Crippen LogP contribution in [0.4, 0.5) is 0 Å². The van der Waals surface area contributed by atoms with E-state index >= 15 is 0 Å². The van der Waals surface area contributed by atoms with Crippen LogP contribution in [0.2, 0.25) is 0 Å². The van der Waals surface area contributed by atoms with Gasteiger partial charge in [0.2, 0.25) is 5.91 Å². The Bertz CT molecular complexity index is 504. The molecule has 0 saturated carbocycles. The highest BCUT2D eigenvalue weighted by atomic mass is 16.5. The van der Waals surface area contributed by atoms with Crippen molar-refractivity contribution < 1.29 is 19.4 Å². The number of carbonyl (C=O) groups excluding carboxylic acids is 1.